The lowest BCUT2D eigenvalue weighted by atomic mass is 9.98. The average molecular weight is 402 g/mol. The average Bonchev–Trinajstić information content (AvgIpc) is 3.36. The van der Waals surface area contributed by atoms with Crippen LogP contribution in [0.25, 0.3) is 11.0 Å². The summed E-state index contributed by atoms with van der Waals surface area (Å²) >= 11 is 1.36. The van der Waals surface area contributed by atoms with E-state index in [9.17, 15) is 9.59 Å². The quantitative estimate of drug-likeness (QED) is 0.546. The Hall–Kier alpha value is -2.02. The molecular weight excluding hydrogens is 374 g/mol. The van der Waals surface area contributed by atoms with Gasteiger partial charge in [0.05, 0.1) is 16.8 Å². The number of likely N-dealkylation sites (tertiary alicyclic amines) is 1. The number of ether oxygens (including phenoxy) is 1. The summed E-state index contributed by atoms with van der Waals surface area (Å²) in [7, 11) is 0. The van der Waals surface area contributed by atoms with Crippen LogP contribution in [0.3, 0.4) is 0 Å². The number of imidazole rings is 1. The molecule has 0 spiro atoms. The minimum Gasteiger partial charge on any atom is -0.462 e. The van der Waals surface area contributed by atoms with Crippen molar-refractivity contribution in [2.24, 2.45) is 0 Å². The number of rotatable bonds is 6. The summed E-state index contributed by atoms with van der Waals surface area (Å²) in [5.41, 5.74) is 1.78. The Balaban J connectivity index is 1.44. The molecule has 0 radical (unpaired) electrons. The fourth-order valence-corrected chi connectivity index (χ4v) is 4.84. The number of nitrogens with zero attached hydrogens (tertiary/aromatic N) is 3. The van der Waals surface area contributed by atoms with Crippen molar-refractivity contribution in [1.82, 2.24) is 14.5 Å². The standard InChI is InChI=1S/C21H27N3O3S/c25-19(23-12-6-7-13-23)14-24-18-11-5-4-10-17(18)22-21(24)28-15-20(26)27-16-8-2-1-3-9-16/h4-5,10-11,16H,1-3,6-9,12-15H2. The highest BCUT2D eigenvalue weighted by Crippen LogP contribution is 2.26. The van der Waals surface area contributed by atoms with Gasteiger partial charge in [0.25, 0.3) is 0 Å². The maximum atomic E-state index is 12.7. The minimum absolute atomic E-state index is 0.0670. The Bertz CT molecular complexity index is 839. The maximum Gasteiger partial charge on any atom is 0.316 e. The molecule has 0 unspecified atom stereocenters. The molecule has 1 saturated heterocycles. The Kier molecular flexibility index (Phi) is 6.20. The van der Waals surface area contributed by atoms with Gasteiger partial charge in [-0.3, -0.25) is 9.59 Å². The number of carbonyl (C=O) groups excluding carboxylic acids is 2. The monoisotopic (exact) mass is 401 g/mol. The molecule has 0 N–H and O–H groups in total. The van der Waals surface area contributed by atoms with E-state index in [4.69, 9.17) is 4.74 Å². The normalized spacial score (nSPS) is 17.9. The van der Waals surface area contributed by atoms with E-state index in [0.717, 1.165) is 62.6 Å². The molecule has 150 valence electrons. The summed E-state index contributed by atoms with van der Waals surface area (Å²) < 4.78 is 7.56. The SMILES string of the molecule is O=C(CSc1nc2ccccc2n1CC(=O)N1CCCC1)OC1CCCCC1. The molecule has 1 aliphatic carbocycles. The second-order valence-corrected chi connectivity index (χ2v) is 8.54. The van der Waals surface area contributed by atoms with Crippen molar-refractivity contribution in [3.8, 4) is 0 Å². The topological polar surface area (TPSA) is 64.4 Å². The molecule has 2 aliphatic rings. The fraction of sp³-hybridized carbons (Fsp3) is 0.571. The number of para-hydroxylation sites is 2. The first-order valence-corrected chi connectivity index (χ1v) is 11.2. The lowest BCUT2D eigenvalue weighted by Gasteiger charge is -2.21. The van der Waals surface area contributed by atoms with E-state index < -0.39 is 0 Å². The lowest BCUT2D eigenvalue weighted by Crippen LogP contribution is -2.31. The van der Waals surface area contributed by atoms with Gasteiger partial charge in [0, 0.05) is 13.1 Å². The van der Waals surface area contributed by atoms with Crippen LogP contribution in [0.4, 0.5) is 0 Å². The molecule has 0 atom stereocenters. The maximum absolute atomic E-state index is 12.7. The van der Waals surface area contributed by atoms with Gasteiger partial charge in [-0.25, -0.2) is 4.98 Å². The van der Waals surface area contributed by atoms with Crippen LogP contribution in [-0.4, -0.2) is 51.3 Å². The first-order chi connectivity index (χ1) is 13.7. The summed E-state index contributed by atoms with van der Waals surface area (Å²) in [6.07, 6.45) is 7.67. The van der Waals surface area contributed by atoms with E-state index in [1.807, 2.05) is 33.7 Å². The van der Waals surface area contributed by atoms with E-state index in [1.54, 1.807) is 0 Å². The number of thioether (sulfide) groups is 1. The Morgan fingerprint density at radius 1 is 1.07 bits per heavy atom. The number of hydrogen-bond donors (Lipinski definition) is 0. The first-order valence-electron chi connectivity index (χ1n) is 10.3. The molecule has 1 aromatic carbocycles. The van der Waals surface area contributed by atoms with Gasteiger partial charge in [-0.15, -0.1) is 0 Å². The van der Waals surface area contributed by atoms with Gasteiger partial charge >= 0.3 is 5.97 Å². The molecule has 7 heteroatoms. The van der Waals surface area contributed by atoms with Crippen molar-refractivity contribution in [2.45, 2.75) is 62.8 Å². The van der Waals surface area contributed by atoms with Crippen LogP contribution in [0.1, 0.15) is 44.9 Å². The Morgan fingerprint density at radius 3 is 2.61 bits per heavy atom. The molecule has 1 saturated carbocycles. The number of amides is 1. The molecule has 1 aliphatic heterocycles. The van der Waals surface area contributed by atoms with E-state index in [0.29, 0.717) is 5.16 Å². The summed E-state index contributed by atoms with van der Waals surface area (Å²) in [5.74, 6) is 0.145. The fourth-order valence-electron chi connectivity index (χ4n) is 4.04. The van der Waals surface area contributed by atoms with E-state index in [2.05, 4.69) is 4.98 Å². The van der Waals surface area contributed by atoms with Crippen molar-refractivity contribution in [3.63, 3.8) is 0 Å². The van der Waals surface area contributed by atoms with Gasteiger partial charge in [0.2, 0.25) is 5.91 Å². The van der Waals surface area contributed by atoms with Crippen LogP contribution < -0.4 is 0 Å². The summed E-state index contributed by atoms with van der Waals surface area (Å²) in [4.78, 5) is 31.5. The zero-order valence-electron chi connectivity index (χ0n) is 16.1. The minimum atomic E-state index is -0.193. The van der Waals surface area contributed by atoms with Gasteiger partial charge in [0.15, 0.2) is 5.16 Å². The number of aromatic nitrogens is 2. The number of hydrogen-bond acceptors (Lipinski definition) is 5. The molecule has 2 aromatic rings. The van der Waals surface area contributed by atoms with Gasteiger partial charge in [-0.1, -0.05) is 30.3 Å². The van der Waals surface area contributed by atoms with E-state index >= 15 is 0 Å². The highest BCUT2D eigenvalue weighted by molar-refractivity contribution is 7.99. The molecule has 6 nitrogen and oxygen atoms in total. The molecule has 4 rings (SSSR count). The third kappa shape index (κ3) is 4.51. The third-order valence-electron chi connectivity index (χ3n) is 5.54. The van der Waals surface area contributed by atoms with Gasteiger partial charge in [-0.05, 0) is 50.7 Å². The highest BCUT2D eigenvalue weighted by atomic mass is 32.2. The molecule has 1 amide bonds. The van der Waals surface area contributed by atoms with Gasteiger partial charge in [0.1, 0.15) is 12.6 Å². The summed E-state index contributed by atoms with van der Waals surface area (Å²) in [6.45, 7) is 1.93. The molecular formula is C21H27N3O3S. The van der Waals surface area contributed by atoms with Crippen LogP contribution in [0.2, 0.25) is 0 Å². The zero-order chi connectivity index (χ0) is 19.3. The number of fused-ring (bicyclic) bond motifs is 1. The van der Waals surface area contributed by atoms with Crippen LogP contribution >= 0.6 is 11.8 Å². The number of carbonyl (C=O) groups is 2. The second-order valence-electron chi connectivity index (χ2n) is 7.60. The molecule has 1 aromatic heterocycles. The molecule has 2 fully saturated rings. The van der Waals surface area contributed by atoms with Crippen LogP contribution in [0, 0.1) is 0 Å². The van der Waals surface area contributed by atoms with Crippen LogP contribution in [0.5, 0.6) is 0 Å². The smallest absolute Gasteiger partial charge is 0.316 e. The number of esters is 1. The second kappa shape index (κ2) is 8.99. The van der Waals surface area contributed by atoms with Crippen molar-refractivity contribution < 1.29 is 14.3 Å². The Morgan fingerprint density at radius 2 is 1.82 bits per heavy atom. The molecule has 2 heterocycles. The van der Waals surface area contributed by atoms with Crippen molar-refractivity contribution >= 4 is 34.7 Å². The van der Waals surface area contributed by atoms with Gasteiger partial charge in [-0.2, -0.15) is 0 Å². The van der Waals surface area contributed by atoms with Crippen LogP contribution in [0.15, 0.2) is 29.4 Å². The lowest BCUT2D eigenvalue weighted by molar-refractivity contribution is -0.147. The zero-order valence-corrected chi connectivity index (χ0v) is 17.0. The van der Waals surface area contributed by atoms with Crippen molar-refractivity contribution in [2.75, 3.05) is 18.8 Å². The van der Waals surface area contributed by atoms with Crippen LogP contribution in [-0.2, 0) is 20.9 Å². The van der Waals surface area contributed by atoms with E-state index in [-0.39, 0.29) is 30.3 Å². The van der Waals surface area contributed by atoms with Gasteiger partial charge < -0.3 is 14.2 Å². The largest absolute Gasteiger partial charge is 0.462 e. The molecule has 0 bridgehead atoms. The van der Waals surface area contributed by atoms with E-state index in [1.165, 1.54) is 18.2 Å². The Labute approximate surface area is 169 Å². The molecule has 28 heavy (non-hydrogen) atoms. The summed E-state index contributed by atoms with van der Waals surface area (Å²) in [5, 5.41) is 0.703. The van der Waals surface area contributed by atoms with Crippen molar-refractivity contribution in [3.05, 3.63) is 24.3 Å². The predicted octanol–water partition coefficient (Wildman–Crippen LogP) is 3.63. The first kappa shape index (κ1) is 19.3. The third-order valence-corrected chi connectivity index (χ3v) is 6.49. The summed E-state index contributed by atoms with van der Waals surface area (Å²) in [6, 6.07) is 7.81. The van der Waals surface area contributed by atoms with Crippen molar-refractivity contribution in [1.29, 1.82) is 0 Å². The predicted molar refractivity (Wildman–Crippen MR) is 109 cm³/mol. The number of benzene rings is 1. The highest BCUT2D eigenvalue weighted by Gasteiger charge is 2.22.